The molecular weight excluding hydrogens is 338 g/mol. The fraction of sp³-hybridized carbons (Fsp3) is 1.00. The molecule has 0 bridgehead atoms. The van der Waals surface area contributed by atoms with Crippen LogP contribution in [-0.4, -0.2) is 31.7 Å². The van der Waals surface area contributed by atoms with Gasteiger partial charge >= 0.3 is 0 Å². The molecule has 0 heterocycles. The molecule has 0 rings (SSSR count). The maximum Gasteiger partial charge on any atom is 0.0884 e. The molecule has 0 saturated heterocycles. The minimum absolute atomic E-state index is 0.874. The molecule has 0 aromatic rings. The second-order valence-corrected chi connectivity index (χ2v) is 10.4. The lowest BCUT2D eigenvalue weighted by atomic mass is 9.98. The summed E-state index contributed by atoms with van der Waals surface area (Å²) in [7, 11) is 7.23. The van der Waals surface area contributed by atoms with Crippen molar-refractivity contribution in [3.63, 3.8) is 0 Å². The molecule has 0 aromatic heterocycles. The van der Waals surface area contributed by atoms with Crippen LogP contribution >= 0.6 is 0 Å². The minimum atomic E-state index is 0.874. The van der Waals surface area contributed by atoms with Gasteiger partial charge in [-0.15, -0.1) is 0 Å². The van der Waals surface area contributed by atoms with Crippen LogP contribution in [-0.2, 0) is 0 Å². The lowest BCUT2D eigenvalue weighted by molar-refractivity contribution is -0.896. The van der Waals surface area contributed by atoms with Crippen LogP contribution < -0.4 is 0 Å². The maximum absolute atomic E-state index is 2.41. The fourth-order valence-electron chi connectivity index (χ4n) is 4.48. The first kappa shape index (κ1) is 28.0. The maximum atomic E-state index is 2.41. The molecular formula is C27H58N+. The van der Waals surface area contributed by atoms with E-state index >= 15 is 0 Å². The zero-order valence-corrected chi connectivity index (χ0v) is 20.9. The standard InChI is InChI=1S/C27H58N/c1-6-8-10-12-14-16-17-18-20-22-24-26-27(28(3,4)5)25-23-21-19-15-13-11-9-7-2/h27H,6-26H2,1-5H3/q+1. The summed E-state index contributed by atoms with van der Waals surface area (Å²) in [5.74, 6) is 0. The zero-order chi connectivity index (χ0) is 20.9. The molecule has 1 unspecified atom stereocenters. The molecule has 1 heteroatoms. The SMILES string of the molecule is CCCCCCCCCCCCCC(CCCCCCCCCC)[N+](C)(C)C. The second kappa shape index (κ2) is 20.2. The monoisotopic (exact) mass is 396 g/mol. The molecule has 28 heavy (non-hydrogen) atoms. The lowest BCUT2D eigenvalue weighted by Crippen LogP contribution is -2.45. The number of hydrogen-bond donors (Lipinski definition) is 0. The van der Waals surface area contributed by atoms with Gasteiger partial charge in [-0.05, 0) is 25.7 Å². The quantitative estimate of drug-likeness (QED) is 0.126. The Bertz CT molecular complexity index is 291. The molecule has 1 nitrogen and oxygen atoms in total. The van der Waals surface area contributed by atoms with Crippen LogP contribution in [0.25, 0.3) is 0 Å². The fourth-order valence-corrected chi connectivity index (χ4v) is 4.48. The van der Waals surface area contributed by atoms with Gasteiger partial charge in [0.25, 0.3) is 0 Å². The summed E-state index contributed by atoms with van der Waals surface area (Å²) in [6.45, 7) is 4.61. The topological polar surface area (TPSA) is 0 Å². The van der Waals surface area contributed by atoms with Gasteiger partial charge < -0.3 is 4.48 Å². The number of hydrogen-bond acceptors (Lipinski definition) is 0. The van der Waals surface area contributed by atoms with Gasteiger partial charge in [0.1, 0.15) is 0 Å². The van der Waals surface area contributed by atoms with Crippen LogP contribution in [0.5, 0.6) is 0 Å². The third-order valence-electron chi connectivity index (χ3n) is 6.63. The Labute approximate surface area is 180 Å². The van der Waals surface area contributed by atoms with Gasteiger partial charge in [-0.2, -0.15) is 0 Å². The van der Waals surface area contributed by atoms with Crippen molar-refractivity contribution in [3.05, 3.63) is 0 Å². The van der Waals surface area contributed by atoms with E-state index in [4.69, 9.17) is 0 Å². The van der Waals surface area contributed by atoms with Crippen LogP contribution in [0.2, 0.25) is 0 Å². The first-order valence-corrected chi connectivity index (χ1v) is 13.3. The van der Waals surface area contributed by atoms with Crippen LogP contribution in [0.3, 0.4) is 0 Å². The number of nitrogens with zero attached hydrogens (tertiary/aromatic N) is 1. The molecule has 0 aliphatic carbocycles. The van der Waals surface area contributed by atoms with E-state index in [2.05, 4.69) is 35.0 Å². The highest BCUT2D eigenvalue weighted by Gasteiger charge is 2.22. The predicted molar refractivity (Wildman–Crippen MR) is 130 cm³/mol. The van der Waals surface area contributed by atoms with Gasteiger partial charge in [0.2, 0.25) is 0 Å². The molecule has 1 atom stereocenters. The molecule has 0 aromatic carbocycles. The largest absolute Gasteiger partial charge is 0.328 e. The van der Waals surface area contributed by atoms with E-state index in [0.29, 0.717) is 0 Å². The average Bonchev–Trinajstić information content (AvgIpc) is 2.65. The van der Waals surface area contributed by atoms with Crippen LogP contribution in [0.15, 0.2) is 0 Å². The predicted octanol–water partition coefficient (Wildman–Crippen LogP) is 9.29. The van der Waals surface area contributed by atoms with Gasteiger partial charge in [-0.1, -0.05) is 123 Å². The Kier molecular flexibility index (Phi) is 20.2. The van der Waals surface area contributed by atoms with E-state index in [0.717, 1.165) is 10.5 Å². The molecule has 0 aliphatic heterocycles. The molecule has 0 radical (unpaired) electrons. The van der Waals surface area contributed by atoms with Crippen LogP contribution in [0.4, 0.5) is 0 Å². The van der Waals surface area contributed by atoms with E-state index in [1.165, 1.54) is 135 Å². The van der Waals surface area contributed by atoms with Gasteiger partial charge in [-0.25, -0.2) is 0 Å². The number of unbranched alkanes of at least 4 members (excludes halogenated alkanes) is 17. The third kappa shape index (κ3) is 19.3. The van der Waals surface area contributed by atoms with Crippen LogP contribution in [0, 0.1) is 0 Å². The van der Waals surface area contributed by atoms with Crippen molar-refractivity contribution in [2.45, 2.75) is 155 Å². The van der Waals surface area contributed by atoms with Crippen LogP contribution in [0.1, 0.15) is 149 Å². The molecule has 170 valence electrons. The highest BCUT2D eigenvalue weighted by Crippen LogP contribution is 2.21. The molecule has 0 N–H and O–H groups in total. The van der Waals surface area contributed by atoms with Gasteiger partial charge in [0.05, 0.1) is 27.2 Å². The summed E-state index contributed by atoms with van der Waals surface area (Å²) in [6.07, 6.45) is 30.5. The molecule has 0 aliphatic rings. The Morgan fingerprint density at radius 2 is 0.643 bits per heavy atom. The zero-order valence-electron chi connectivity index (χ0n) is 20.9. The summed E-state index contributed by atoms with van der Waals surface area (Å²) >= 11 is 0. The van der Waals surface area contributed by atoms with Crippen molar-refractivity contribution in [1.29, 1.82) is 0 Å². The van der Waals surface area contributed by atoms with Crippen molar-refractivity contribution in [3.8, 4) is 0 Å². The Morgan fingerprint density at radius 3 is 0.893 bits per heavy atom. The second-order valence-electron chi connectivity index (χ2n) is 10.4. The average molecular weight is 397 g/mol. The number of rotatable bonds is 22. The van der Waals surface area contributed by atoms with Gasteiger partial charge in [0, 0.05) is 0 Å². The summed E-state index contributed by atoms with van der Waals surface area (Å²) in [4.78, 5) is 0. The van der Waals surface area contributed by atoms with E-state index < -0.39 is 0 Å². The summed E-state index contributed by atoms with van der Waals surface area (Å²) in [6, 6.07) is 0.874. The summed E-state index contributed by atoms with van der Waals surface area (Å²) in [5.41, 5.74) is 0. The van der Waals surface area contributed by atoms with Gasteiger partial charge in [-0.3, -0.25) is 0 Å². The smallest absolute Gasteiger partial charge is 0.0884 e. The van der Waals surface area contributed by atoms with E-state index in [1.807, 2.05) is 0 Å². The Hall–Kier alpha value is -0.0400. The first-order valence-electron chi connectivity index (χ1n) is 13.3. The lowest BCUT2D eigenvalue weighted by Gasteiger charge is -2.34. The minimum Gasteiger partial charge on any atom is -0.328 e. The highest BCUT2D eigenvalue weighted by molar-refractivity contribution is 4.60. The highest BCUT2D eigenvalue weighted by atomic mass is 15.3. The molecule has 0 saturated carbocycles. The van der Waals surface area contributed by atoms with Crippen molar-refractivity contribution in [1.82, 2.24) is 0 Å². The summed E-state index contributed by atoms with van der Waals surface area (Å²) < 4.78 is 1.16. The third-order valence-corrected chi connectivity index (χ3v) is 6.63. The van der Waals surface area contributed by atoms with Crippen molar-refractivity contribution in [2.24, 2.45) is 0 Å². The molecule has 0 fully saturated rings. The Balaban J connectivity index is 3.61. The molecule has 0 amide bonds. The summed E-state index contributed by atoms with van der Waals surface area (Å²) in [5, 5.41) is 0. The first-order chi connectivity index (χ1) is 13.5. The number of quaternary nitrogens is 1. The van der Waals surface area contributed by atoms with E-state index in [9.17, 15) is 0 Å². The molecule has 0 spiro atoms. The van der Waals surface area contributed by atoms with Crippen molar-refractivity contribution in [2.75, 3.05) is 21.1 Å². The van der Waals surface area contributed by atoms with E-state index in [1.54, 1.807) is 0 Å². The Morgan fingerprint density at radius 1 is 0.393 bits per heavy atom. The van der Waals surface area contributed by atoms with E-state index in [-0.39, 0.29) is 0 Å². The van der Waals surface area contributed by atoms with Crippen molar-refractivity contribution < 1.29 is 4.48 Å². The normalized spacial score (nSPS) is 13.2. The van der Waals surface area contributed by atoms with Crippen molar-refractivity contribution >= 4 is 0 Å². The van der Waals surface area contributed by atoms with Gasteiger partial charge in [0.15, 0.2) is 0 Å².